The quantitative estimate of drug-likeness (QED) is 0.782. The summed E-state index contributed by atoms with van der Waals surface area (Å²) in [4.78, 5) is 0. The molecule has 0 bridgehead atoms. The Labute approximate surface area is 118 Å². The molecule has 0 aromatic heterocycles. The minimum absolute atomic E-state index is 0.0635. The molecule has 0 aliphatic carbocycles. The van der Waals surface area contributed by atoms with Crippen molar-refractivity contribution in [2.75, 3.05) is 0 Å². The van der Waals surface area contributed by atoms with Gasteiger partial charge in [0, 0.05) is 0 Å². The van der Waals surface area contributed by atoms with E-state index >= 15 is 0 Å². The Hall–Kier alpha value is -2.34. The SMILES string of the molecule is CCC(C)c1ccccc1Oc1cccc(F)c1C#N. The molecule has 0 fully saturated rings. The van der Waals surface area contributed by atoms with Crippen molar-refractivity contribution in [2.24, 2.45) is 0 Å². The van der Waals surface area contributed by atoms with Gasteiger partial charge in [-0.05, 0) is 36.1 Å². The van der Waals surface area contributed by atoms with Gasteiger partial charge in [0.2, 0.25) is 0 Å². The Balaban J connectivity index is 2.41. The molecule has 1 atom stereocenters. The van der Waals surface area contributed by atoms with Crippen molar-refractivity contribution in [1.82, 2.24) is 0 Å². The zero-order chi connectivity index (χ0) is 14.5. The number of nitriles is 1. The third kappa shape index (κ3) is 2.80. The number of benzene rings is 2. The van der Waals surface area contributed by atoms with Crippen LogP contribution in [0.4, 0.5) is 4.39 Å². The number of hydrogen-bond donors (Lipinski definition) is 0. The topological polar surface area (TPSA) is 33.0 Å². The molecule has 102 valence electrons. The van der Waals surface area contributed by atoms with Gasteiger partial charge in [0.05, 0.1) is 0 Å². The summed E-state index contributed by atoms with van der Waals surface area (Å²) in [6, 6.07) is 13.9. The van der Waals surface area contributed by atoms with Gasteiger partial charge in [-0.15, -0.1) is 0 Å². The fraction of sp³-hybridized carbons (Fsp3) is 0.235. The van der Waals surface area contributed by atoms with Crippen LogP contribution in [0.2, 0.25) is 0 Å². The highest BCUT2D eigenvalue weighted by atomic mass is 19.1. The van der Waals surface area contributed by atoms with Gasteiger partial charge in [-0.3, -0.25) is 0 Å². The molecule has 1 unspecified atom stereocenters. The highest BCUT2D eigenvalue weighted by molar-refractivity contribution is 5.47. The van der Waals surface area contributed by atoms with E-state index in [1.54, 1.807) is 6.07 Å². The Morgan fingerprint density at radius 1 is 1.15 bits per heavy atom. The smallest absolute Gasteiger partial charge is 0.148 e. The first-order valence-electron chi connectivity index (χ1n) is 6.62. The van der Waals surface area contributed by atoms with Gasteiger partial charge in [0.25, 0.3) is 0 Å². The Bertz CT molecular complexity index is 646. The molecule has 0 radical (unpaired) electrons. The van der Waals surface area contributed by atoms with Crippen molar-refractivity contribution >= 4 is 0 Å². The second-order valence-electron chi connectivity index (χ2n) is 4.67. The van der Waals surface area contributed by atoms with E-state index in [4.69, 9.17) is 10.00 Å². The fourth-order valence-electron chi connectivity index (χ4n) is 2.02. The van der Waals surface area contributed by atoms with Gasteiger partial charge in [0.15, 0.2) is 0 Å². The standard InChI is InChI=1S/C17H16FNO/c1-3-12(2)13-7-4-5-9-16(13)20-17-10-6-8-15(18)14(17)11-19/h4-10,12H,3H2,1-2H3. The molecule has 0 saturated carbocycles. The average Bonchev–Trinajstić information content (AvgIpc) is 2.47. The number of hydrogen-bond acceptors (Lipinski definition) is 2. The number of ether oxygens (including phenoxy) is 1. The molecule has 0 aliphatic heterocycles. The van der Waals surface area contributed by atoms with E-state index in [-0.39, 0.29) is 11.3 Å². The first-order chi connectivity index (χ1) is 9.67. The van der Waals surface area contributed by atoms with Gasteiger partial charge in [-0.1, -0.05) is 38.1 Å². The summed E-state index contributed by atoms with van der Waals surface area (Å²) in [5.74, 6) is 0.698. The van der Waals surface area contributed by atoms with Gasteiger partial charge in [0.1, 0.15) is 28.9 Å². The van der Waals surface area contributed by atoms with Gasteiger partial charge in [-0.25, -0.2) is 4.39 Å². The zero-order valence-electron chi connectivity index (χ0n) is 11.6. The van der Waals surface area contributed by atoms with Crippen molar-refractivity contribution in [3.8, 4) is 17.6 Å². The molecule has 0 heterocycles. The van der Waals surface area contributed by atoms with E-state index in [0.29, 0.717) is 11.7 Å². The lowest BCUT2D eigenvalue weighted by Gasteiger charge is -2.16. The predicted octanol–water partition coefficient (Wildman–Crippen LogP) is 5.00. The van der Waals surface area contributed by atoms with Crippen molar-refractivity contribution < 1.29 is 9.13 Å². The lowest BCUT2D eigenvalue weighted by molar-refractivity contribution is 0.463. The van der Waals surface area contributed by atoms with Gasteiger partial charge in [-0.2, -0.15) is 5.26 Å². The van der Waals surface area contributed by atoms with Crippen LogP contribution in [0.15, 0.2) is 42.5 Å². The summed E-state index contributed by atoms with van der Waals surface area (Å²) in [7, 11) is 0. The largest absolute Gasteiger partial charge is 0.456 e. The highest BCUT2D eigenvalue weighted by Crippen LogP contribution is 2.33. The molecule has 20 heavy (non-hydrogen) atoms. The predicted molar refractivity (Wildman–Crippen MR) is 76.3 cm³/mol. The Kier molecular flexibility index (Phi) is 4.37. The molecule has 2 rings (SSSR count). The Morgan fingerprint density at radius 2 is 1.85 bits per heavy atom. The van der Waals surface area contributed by atoms with Crippen LogP contribution in [-0.2, 0) is 0 Å². The van der Waals surface area contributed by atoms with Crippen LogP contribution in [0.5, 0.6) is 11.5 Å². The monoisotopic (exact) mass is 269 g/mol. The molecule has 0 amide bonds. The summed E-state index contributed by atoms with van der Waals surface area (Å²) in [6.07, 6.45) is 0.981. The fourth-order valence-corrected chi connectivity index (χ4v) is 2.02. The van der Waals surface area contributed by atoms with Crippen LogP contribution in [0.1, 0.15) is 37.3 Å². The molecule has 2 aromatic carbocycles. The molecule has 0 N–H and O–H groups in total. The van der Waals surface area contributed by atoms with Gasteiger partial charge < -0.3 is 4.74 Å². The Morgan fingerprint density at radius 3 is 2.55 bits per heavy atom. The highest BCUT2D eigenvalue weighted by Gasteiger charge is 2.14. The van der Waals surface area contributed by atoms with Crippen molar-refractivity contribution in [3.63, 3.8) is 0 Å². The minimum atomic E-state index is -0.564. The van der Waals surface area contributed by atoms with Crippen molar-refractivity contribution in [3.05, 3.63) is 59.4 Å². The first kappa shape index (κ1) is 14.1. The number of nitrogens with zero attached hydrogens (tertiary/aromatic N) is 1. The van der Waals surface area contributed by atoms with E-state index in [0.717, 1.165) is 12.0 Å². The number of rotatable bonds is 4. The van der Waals surface area contributed by atoms with E-state index < -0.39 is 5.82 Å². The molecule has 0 saturated heterocycles. The van der Waals surface area contributed by atoms with Crippen molar-refractivity contribution in [2.45, 2.75) is 26.2 Å². The minimum Gasteiger partial charge on any atom is -0.456 e. The lowest BCUT2D eigenvalue weighted by atomic mass is 9.98. The molecular weight excluding hydrogens is 253 g/mol. The van der Waals surface area contributed by atoms with Gasteiger partial charge >= 0.3 is 0 Å². The number of para-hydroxylation sites is 1. The molecular formula is C17H16FNO. The van der Waals surface area contributed by atoms with E-state index in [9.17, 15) is 4.39 Å². The van der Waals surface area contributed by atoms with E-state index in [1.165, 1.54) is 12.1 Å². The molecule has 0 spiro atoms. The third-order valence-electron chi connectivity index (χ3n) is 3.37. The maximum atomic E-state index is 13.6. The molecule has 0 aliphatic rings. The van der Waals surface area contributed by atoms with Crippen LogP contribution in [0.25, 0.3) is 0 Å². The summed E-state index contributed by atoms with van der Waals surface area (Å²) in [6.45, 7) is 4.21. The van der Waals surface area contributed by atoms with Crippen molar-refractivity contribution in [1.29, 1.82) is 5.26 Å². The lowest BCUT2D eigenvalue weighted by Crippen LogP contribution is -1.98. The van der Waals surface area contributed by atoms with Crippen LogP contribution in [-0.4, -0.2) is 0 Å². The summed E-state index contributed by atoms with van der Waals surface area (Å²) >= 11 is 0. The molecule has 2 aromatic rings. The summed E-state index contributed by atoms with van der Waals surface area (Å²) < 4.78 is 19.3. The maximum absolute atomic E-state index is 13.6. The average molecular weight is 269 g/mol. The zero-order valence-corrected chi connectivity index (χ0v) is 11.6. The third-order valence-corrected chi connectivity index (χ3v) is 3.37. The summed E-state index contributed by atoms with van der Waals surface area (Å²) in [5.41, 5.74) is 0.995. The van der Waals surface area contributed by atoms with Crippen LogP contribution >= 0.6 is 0 Å². The van der Waals surface area contributed by atoms with E-state index in [2.05, 4.69) is 13.8 Å². The molecule has 2 nitrogen and oxygen atoms in total. The van der Waals surface area contributed by atoms with Crippen LogP contribution in [0.3, 0.4) is 0 Å². The number of halogens is 1. The normalized spacial score (nSPS) is 11.7. The first-order valence-corrected chi connectivity index (χ1v) is 6.62. The molecule has 3 heteroatoms. The maximum Gasteiger partial charge on any atom is 0.148 e. The van der Waals surface area contributed by atoms with Crippen LogP contribution < -0.4 is 4.74 Å². The van der Waals surface area contributed by atoms with E-state index in [1.807, 2.05) is 30.3 Å². The second kappa shape index (κ2) is 6.21. The second-order valence-corrected chi connectivity index (χ2v) is 4.67. The van der Waals surface area contributed by atoms with Crippen LogP contribution in [0, 0.1) is 17.1 Å². The summed E-state index contributed by atoms with van der Waals surface area (Å²) in [5, 5.41) is 9.03.